The quantitative estimate of drug-likeness (QED) is 0.704. The maximum absolute atomic E-state index is 11.7. The third-order valence-electron chi connectivity index (χ3n) is 4.00. The molecule has 1 aliphatic carbocycles. The first-order valence-corrected chi connectivity index (χ1v) is 8.06. The van der Waals surface area contributed by atoms with Crippen LogP contribution in [0, 0.1) is 11.8 Å². The number of hydrogen-bond acceptors (Lipinski definition) is 4. The third-order valence-corrected chi connectivity index (χ3v) is 4.00. The number of nitrogens with one attached hydrogen (secondary N) is 2. The van der Waals surface area contributed by atoms with Crippen LogP contribution in [0.2, 0.25) is 0 Å². The molecule has 0 saturated heterocycles. The van der Waals surface area contributed by atoms with Gasteiger partial charge in [-0.2, -0.15) is 0 Å². The van der Waals surface area contributed by atoms with Gasteiger partial charge in [-0.1, -0.05) is 20.3 Å². The highest BCUT2D eigenvalue weighted by Crippen LogP contribution is 2.26. The molecule has 1 amide bonds. The molecular formula is C16H32N2O3. The summed E-state index contributed by atoms with van der Waals surface area (Å²) in [5.74, 6) is 0.806. The molecule has 0 aromatic rings. The van der Waals surface area contributed by atoms with Gasteiger partial charge in [0.05, 0.1) is 6.61 Å². The first kappa shape index (κ1) is 18.2. The zero-order valence-electron chi connectivity index (χ0n) is 14.1. The molecule has 1 saturated carbocycles. The molecule has 1 aliphatic rings. The van der Waals surface area contributed by atoms with Crippen molar-refractivity contribution in [3.63, 3.8) is 0 Å². The van der Waals surface area contributed by atoms with Crippen LogP contribution in [0.5, 0.6) is 0 Å². The number of alkyl carbamates (subject to hydrolysis) is 1. The summed E-state index contributed by atoms with van der Waals surface area (Å²) in [5, 5.41) is 15.8. The molecule has 21 heavy (non-hydrogen) atoms. The number of carbonyl (C=O) groups excluding carboxylic acids is 1. The Hall–Kier alpha value is -0.810. The van der Waals surface area contributed by atoms with Crippen molar-refractivity contribution in [1.29, 1.82) is 0 Å². The highest BCUT2D eigenvalue weighted by atomic mass is 16.6. The molecule has 1 rings (SSSR count). The minimum atomic E-state index is -0.461. The van der Waals surface area contributed by atoms with E-state index in [4.69, 9.17) is 4.74 Å². The van der Waals surface area contributed by atoms with Gasteiger partial charge in [-0.3, -0.25) is 0 Å². The van der Waals surface area contributed by atoms with E-state index in [1.807, 2.05) is 20.8 Å². The van der Waals surface area contributed by atoms with Gasteiger partial charge >= 0.3 is 6.09 Å². The Morgan fingerprint density at radius 3 is 2.52 bits per heavy atom. The fourth-order valence-electron chi connectivity index (χ4n) is 2.76. The van der Waals surface area contributed by atoms with Crippen molar-refractivity contribution in [3.05, 3.63) is 0 Å². The largest absolute Gasteiger partial charge is 0.444 e. The number of aliphatic hydroxyl groups excluding tert-OH is 1. The van der Waals surface area contributed by atoms with Gasteiger partial charge in [0.25, 0.3) is 0 Å². The summed E-state index contributed by atoms with van der Waals surface area (Å²) < 4.78 is 5.26. The van der Waals surface area contributed by atoms with Gasteiger partial charge < -0.3 is 20.5 Å². The van der Waals surface area contributed by atoms with Crippen molar-refractivity contribution in [3.8, 4) is 0 Å². The van der Waals surface area contributed by atoms with Crippen molar-refractivity contribution >= 4 is 6.09 Å². The number of rotatable bonds is 6. The lowest BCUT2D eigenvalue weighted by molar-refractivity contribution is 0.0516. The molecule has 124 valence electrons. The number of amides is 1. The number of aliphatic hydroxyl groups is 1. The Kier molecular flexibility index (Phi) is 6.94. The van der Waals surface area contributed by atoms with Gasteiger partial charge in [-0.05, 0) is 45.4 Å². The van der Waals surface area contributed by atoms with Crippen molar-refractivity contribution < 1.29 is 14.6 Å². The second-order valence-electron chi connectivity index (χ2n) is 7.38. The van der Waals surface area contributed by atoms with Crippen LogP contribution in [-0.2, 0) is 4.74 Å². The van der Waals surface area contributed by atoms with Crippen molar-refractivity contribution in [2.24, 2.45) is 11.8 Å². The SMILES string of the molecule is CC(C)C(CO)NC1CCCC1CNC(=O)OC(C)(C)C. The summed E-state index contributed by atoms with van der Waals surface area (Å²) in [6.45, 7) is 10.6. The fourth-order valence-corrected chi connectivity index (χ4v) is 2.76. The van der Waals surface area contributed by atoms with Crippen LogP contribution in [0.4, 0.5) is 4.79 Å². The zero-order chi connectivity index (χ0) is 16.0. The summed E-state index contributed by atoms with van der Waals surface area (Å²) >= 11 is 0. The van der Waals surface area contributed by atoms with Gasteiger partial charge in [0.1, 0.15) is 5.60 Å². The van der Waals surface area contributed by atoms with Crippen LogP contribution < -0.4 is 10.6 Å². The number of ether oxygens (including phenoxy) is 1. The average molecular weight is 300 g/mol. The van der Waals surface area contributed by atoms with Crippen LogP contribution in [0.1, 0.15) is 53.9 Å². The summed E-state index contributed by atoms with van der Waals surface area (Å²) in [6, 6.07) is 0.483. The molecule has 0 bridgehead atoms. The van der Waals surface area contributed by atoms with Gasteiger partial charge in [0.15, 0.2) is 0 Å². The average Bonchev–Trinajstić information content (AvgIpc) is 2.78. The van der Waals surface area contributed by atoms with Gasteiger partial charge in [-0.15, -0.1) is 0 Å². The normalized spacial score (nSPS) is 24.1. The van der Waals surface area contributed by atoms with E-state index in [0.717, 1.165) is 19.3 Å². The minimum absolute atomic E-state index is 0.122. The molecular weight excluding hydrogens is 268 g/mol. The molecule has 0 aromatic heterocycles. The Morgan fingerprint density at radius 1 is 1.33 bits per heavy atom. The van der Waals surface area contributed by atoms with Crippen molar-refractivity contribution in [2.45, 2.75) is 71.6 Å². The van der Waals surface area contributed by atoms with Crippen molar-refractivity contribution in [2.75, 3.05) is 13.2 Å². The lowest BCUT2D eigenvalue weighted by Crippen LogP contribution is -2.47. The third kappa shape index (κ3) is 6.66. The van der Waals surface area contributed by atoms with Gasteiger partial charge in [0.2, 0.25) is 0 Å². The number of carbonyl (C=O) groups is 1. The van der Waals surface area contributed by atoms with E-state index >= 15 is 0 Å². The maximum Gasteiger partial charge on any atom is 0.407 e. The smallest absolute Gasteiger partial charge is 0.407 e. The molecule has 5 nitrogen and oxygen atoms in total. The van der Waals surface area contributed by atoms with E-state index in [9.17, 15) is 9.90 Å². The minimum Gasteiger partial charge on any atom is -0.444 e. The predicted octanol–water partition coefficient (Wildman–Crippen LogP) is 2.29. The first-order valence-electron chi connectivity index (χ1n) is 8.06. The molecule has 0 radical (unpaired) electrons. The summed E-state index contributed by atoms with van der Waals surface area (Å²) in [7, 11) is 0. The predicted molar refractivity (Wildman–Crippen MR) is 84.2 cm³/mol. The van der Waals surface area contributed by atoms with E-state index in [1.54, 1.807) is 0 Å². The first-order chi connectivity index (χ1) is 9.73. The van der Waals surface area contributed by atoms with Crippen LogP contribution in [0.3, 0.4) is 0 Å². The Labute approximate surface area is 128 Å². The molecule has 3 atom stereocenters. The molecule has 0 spiro atoms. The molecule has 0 aliphatic heterocycles. The van der Waals surface area contributed by atoms with E-state index in [1.165, 1.54) is 0 Å². The summed E-state index contributed by atoms with van der Waals surface area (Å²) in [5.41, 5.74) is -0.461. The lowest BCUT2D eigenvalue weighted by Gasteiger charge is -2.29. The highest BCUT2D eigenvalue weighted by Gasteiger charge is 2.30. The van der Waals surface area contributed by atoms with E-state index in [0.29, 0.717) is 24.4 Å². The molecule has 1 fully saturated rings. The van der Waals surface area contributed by atoms with Gasteiger partial charge in [0, 0.05) is 18.6 Å². The van der Waals surface area contributed by atoms with Crippen LogP contribution in [0.15, 0.2) is 0 Å². The van der Waals surface area contributed by atoms with Crippen LogP contribution in [0.25, 0.3) is 0 Å². The summed E-state index contributed by atoms with van der Waals surface area (Å²) in [6.07, 6.45) is 3.01. The maximum atomic E-state index is 11.7. The standard InChI is InChI=1S/C16H32N2O3/c1-11(2)14(10-19)18-13-8-6-7-12(13)9-17-15(20)21-16(3,4)5/h11-14,18-19H,6-10H2,1-5H3,(H,17,20). The Bertz CT molecular complexity index is 326. The van der Waals surface area contributed by atoms with Crippen molar-refractivity contribution in [1.82, 2.24) is 10.6 Å². The van der Waals surface area contributed by atoms with E-state index in [-0.39, 0.29) is 18.7 Å². The zero-order valence-corrected chi connectivity index (χ0v) is 14.1. The Morgan fingerprint density at radius 2 is 2.00 bits per heavy atom. The second-order valence-corrected chi connectivity index (χ2v) is 7.38. The van der Waals surface area contributed by atoms with E-state index in [2.05, 4.69) is 24.5 Å². The Balaban J connectivity index is 2.41. The molecule has 3 unspecified atom stereocenters. The topological polar surface area (TPSA) is 70.6 Å². The van der Waals surface area contributed by atoms with Crippen LogP contribution >= 0.6 is 0 Å². The molecule has 0 heterocycles. The fraction of sp³-hybridized carbons (Fsp3) is 0.938. The van der Waals surface area contributed by atoms with Gasteiger partial charge in [-0.25, -0.2) is 4.79 Å². The lowest BCUT2D eigenvalue weighted by atomic mass is 9.99. The van der Waals surface area contributed by atoms with E-state index < -0.39 is 5.60 Å². The molecule has 5 heteroatoms. The second kappa shape index (κ2) is 7.99. The molecule has 3 N–H and O–H groups in total. The molecule has 0 aromatic carbocycles. The highest BCUT2D eigenvalue weighted by molar-refractivity contribution is 5.67. The monoisotopic (exact) mass is 300 g/mol. The summed E-state index contributed by atoms with van der Waals surface area (Å²) in [4.78, 5) is 11.7. The number of hydrogen-bond donors (Lipinski definition) is 3. The van der Waals surface area contributed by atoms with Crippen LogP contribution in [-0.4, -0.2) is 42.0 Å².